The number of rotatable bonds is 1. The van der Waals surface area contributed by atoms with Crippen molar-refractivity contribution >= 4 is 5.97 Å². The second kappa shape index (κ2) is 3.33. The molecule has 14 heavy (non-hydrogen) atoms. The number of hydrogen-bond acceptors (Lipinski definition) is 2. The first-order valence-corrected chi connectivity index (χ1v) is 4.70. The van der Waals surface area contributed by atoms with Gasteiger partial charge < -0.3 is 9.84 Å². The van der Waals surface area contributed by atoms with Gasteiger partial charge in [0.05, 0.1) is 6.10 Å². The van der Waals surface area contributed by atoms with Crippen LogP contribution in [0.3, 0.4) is 0 Å². The Kier molecular flexibility index (Phi) is 2.15. The molecule has 1 heterocycles. The Hall–Kier alpha value is -1.51. The Morgan fingerprint density at radius 3 is 3.07 bits per heavy atom. The van der Waals surface area contributed by atoms with Crippen LogP contribution in [0.5, 0.6) is 5.75 Å². The SMILES string of the molecule is C[C@H]1CCc2cccc(C(=O)O)c2O1. The number of para-hydroxylation sites is 1. The van der Waals surface area contributed by atoms with Gasteiger partial charge in [0.25, 0.3) is 0 Å². The molecular weight excluding hydrogens is 180 g/mol. The minimum absolute atomic E-state index is 0.114. The van der Waals surface area contributed by atoms with E-state index in [0.29, 0.717) is 5.75 Å². The van der Waals surface area contributed by atoms with Crippen LogP contribution in [0, 0.1) is 0 Å². The van der Waals surface area contributed by atoms with Crippen LogP contribution in [0.25, 0.3) is 0 Å². The molecule has 1 N–H and O–H groups in total. The van der Waals surface area contributed by atoms with Crippen LogP contribution in [0.2, 0.25) is 0 Å². The summed E-state index contributed by atoms with van der Waals surface area (Å²) >= 11 is 0. The summed E-state index contributed by atoms with van der Waals surface area (Å²) in [6.07, 6.45) is 1.97. The minimum atomic E-state index is -0.920. The van der Waals surface area contributed by atoms with E-state index in [0.717, 1.165) is 18.4 Å². The van der Waals surface area contributed by atoms with Gasteiger partial charge >= 0.3 is 5.97 Å². The molecule has 3 nitrogen and oxygen atoms in total. The monoisotopic (exact) mass is 192 g/mol. The van der Waals surface area contributed by atoms with Gasteiger partial charge in [0, 0.05) is 0 Å². The van der Waals surface area contributed by atoms with Gasteiger partial charge in [-0.2, -0.15) is 0 Å². The van der Waals surface area contributed by atoms with Crippen molar-refractivity contribution in [1.29, 1.82) is 0 Å². The van der Waals surface area contributed by atoms with E-state index in [1.54, 1.807) is 12.1 Å². The summed E-state index contributed by atoms with van der Waals surface area (Å²) in [5.74, 6) is -0.366. The van der Waals surface area contributed by atoms with Crippen molar-refractivity contribution in [1.82, 2.24) is 0 Å². The van der Waals surface area contributed by atoms with E-state index in [-0.39, 0.29) is 11.7 Å². The van der Waals surface area contributed by atoms with E-state index >= 15 is 0 Å². The van der Waals surface area contributed by atoms with Crippen molar-refractivity contribution in [2.24, 2.45) is 0 Å². The summed E-state index contributed by atoms with van der Waals surface area (Å²) in [6, 6.07) is 5.27. The van der Waals surface area contributed by atoms with Gasteiger partial charge in [0.2, 0.25) is 0 Å². The third kappa shape index (κ3) is 1.45. The zero-order chi connectivity index (χ0) is 10.1. The lowest BCUT2D eigenvalue weighted by Gasteiger charge is -2.24. The van der Waals surface area contributed by atoms with Gasteiger partial charge in [-0.15, -0.1) is 0 Å². The molecule has 0 amide bonds. The second-order valence-electron chi connectivity index (χ2n) is 3.57. The Bertz CT molecular complexity index is 371. The van der Waals surface area contributed by atoms with E-state index in [1.165, 1.54) is 0 Å². The average Bonchev–Trinajstić information content (AvgIpc) is 2.16. The summed E-state index contributed by atoms with van der Waals surface area (Å²) in [5, 5.41) is 8.95. The van der Waals surface area contributed by atoms with Gasteiger partial charge in [0.15, 0.2) is 0 Å². The van der Waals surface area contributed by atoms with Crippen LogP contribution in [0.4, 0.5) is 0 Å². The molecule has 0 unspecified atom stereocenters. The number of carbonyl (C=O) groups is 1. The lowest BCUT2D eigenvalue weighted by Crippen LogP contribution is -2.20. The first kappa shape index (κ1) is 9.06. The van der Waals surface area contributed by atoms with Crippen molar-refractivity contribution in [3.05, 3.63) is 29.3 Å². The number of hydrogen-bond donors (Lipinski definition) is 1. The topological polar surface area (TPSA) is 46.5 Å². The summed E-state index contributed by atoms with van der Waals surface area (Å²) in [7, 11) is 0. The molecule has 0 aromatic heterocycles. The molecule has 0 saturated heterocycles. The second-order valence-corrected chi connectivity index (χ2v) is 3.57. The van der Waals surface area contributed by atoms with Gasteiger partial charge in [-0.3, -0.25) is 0 Å². The van der Waals surface area contributed by atoms with Crippen LogP contribution in [-0.4, -0.2) is 17.2 Å². The Morgan fingerprint density at radius 1 is 1.57 bits per heavy atom. The molecule has 74 valence electrons. The maximum Gasteiger partial charge on any atom is 0.339 e. The molecule has 0 bridgehead atoms. The molecule has 0 fully saturated rings. The number of carboxylic acid groups (broad SMARTS) is 1. The first-order valence-electron chi connectivity index (χ1n) is 4.70. The van der Waals surface area contributed by atoms with Gasteiger partial charge in [-0.25, -0.2) is 4.79 Å². The maximum absolute atomic E-state index is 10.9. The van der Waals surface area contributed by atoms with Crippen molar-refractivity contribution in [2.75, 3.05) is 0 Å². The fourth-order valence-electron chi connectivity index (χ4n) is 1.71. The predicted molar refractivity (Wildman–Crippen MR) is 51.8 cm³/mol. The highest BCUT2D eigenvalue weighted by atomic mass is 16.5. The Morgan fingerprint density at radius 2 is 2.36 bits per heavy atom. The summed E-state index contributed by atoms with van der Waals surface area (Å²) < 4.78 is 5.54. The predicted octanol–water partition coefficient (Wildman–Crippen LogP) is 2.10. The van der Waals surface area contributed by atoms with E-state index in [2.05, 4.69) is 0 Å². The molecule has 0 saturated carbocycles. The van der Waals surface area contributed by atoms with E-state index < -0.39 is 5.97 Å². The van der Waals surface area contributed by atoms with Crippen molar-refractivity contribution < 1.29 is 14.6 Å². The summed E-state index contributed by atoms with van der Waals surface area (Å²) in [5.41, 5.74) is 1.28. The number of aromatic carboxylic acids is 1. The zero-order valence-electron chi connectivity index (χ0n) is 7.99. The number of fused-ring (bicyclic) bond motifs is 1. The number of benzene rings is 1. The molecule has 1 aromatic rings. The van der Waals surface area contributed by atoms with Crippen molar-refractivity contribution in [3.8, 4) is 5.75 Å². The highest BCUT2D eigenvalue weighted by molar-refractivity contribution is 5.91. The summed E-state index contributed by atoms with van der Waals surface area (Å²) in [6.45, 7) is 1.96. The summed E-state index contributed by atoms with van der Waals surface area (Å²) in [4.78, 5) is 10.9. The smallest absolute Gasteiger partial charge is 0.339 e. The molecule has 2 rings (SSSR count). The van der Waals surface area contributed by atoms with Gasteiger partial charge in [-0.1, -0.05) is 12.1 Å². The van der Waals surface area contributed by atoms with Crippen molar-refractivity contribution in [3.63, 3.8) is 0 Å². The van der Waals surface area contributed by atoms with Crippen LogP contribution in [0.15, 0.2) is 18.2 Å². The van der Waals surface area contributed by atoms with Crippen LogP contribution in [-0.2, 0) is 6.42 Å². The standard InChI is InChI=1S/C11H12O3/c1-7-5-6-8-3-2-4-9(11(12)13)10(8)14-7/h2-4,7H,5-6H2,1H3,(H,12,13)/t7-/m0/s1. The maximum atomic E-state index is 10.9. The van der Waals surface area contributed by atoms with E-state index in [9.17, 15) is 4.79 Å². The van der Waals surface area contributed by atoms with Crippen LogP contribution in [0.1, 0.15) is 29.3 Å². The number of carboxylic acids is 1. The van der Waals surface area contributed by atoms with Gasteiger partial charge in [0.1, 0.15) is 11.3 Å². The molecule has 1 aliphatic heterocycles. The van der Waals surface area contributed by atoms with Crippen molar-refractivity contribution in [2.45, 2.75) is 25.9 Å². The van der Waals surface area contributed by atoms with E-state index in [1.807, 2.05) is 13.0 Å². The normalized spacial score (nSPS) is 19.6. The lowest BCUT2D eigenvalue weighted by atomic mass is 10.00. The van der Waals surface area contributed by atoms with Gasteiger partial charge in [-0.05, 0) is 31.4 Å². The quantitative estimate of drug-likeness (QED) is 0.741. The highest BCUT2D eigenvalue weighted by Gasteiger charge is 2.21. The largest absolute Gasteiger partial charge is 0.490 e. The van der Waals surface area contributed by atoms with E-state index in [4.69, 9.17) is 9.84 Å². The number of ether oxygens (including phenoxy) is 1. The molecule has 1 aliphatic rings. The Balaban J connectivity index is 2.48. The average molecular weight is 192 g/mol. The highest BCUT2D eigenvalue weighted by Crippen LogP contribution is 2.31. The number of aryl methyl sites for hydroxylation is 1. The fraction of sp³-hybridized carbons (Fsp3) is 0.364. The minimum Gasteiger partial charge on any atom is -0.490 e. The Labute approximate surface area is 82.3 Å². The molecule has 1 atom stereocenters. The first-order chi connectivity index (χ1) is 6.68. The molecule has 0 radical (unpaired) electrons. The molecule has 0 aliphatic carbocycles. The van der Waals surface area contributed by atoms with Crippen LogP contribution < -0.4 is 4.74 Å². The third-order valence-corrected chi connectivity index (χ3v) is 2.47. The zero-order valence-corrected chi connectivity index (χ0v) is 7.99. The molecule has 3 heteroatoms. The fourth-order valence-corrected chi connectivity index (χ4v) is 1.71. The lowest BCUT2D eigenvalue weighted by molar-refractivity contribution is 0.0687. The molecule has 0 spiro atoms. The molecule has 1 aromatic carbocycles. The molecular formula is C11H12O3. The third-order valence-electron chi connectivity index (χ3n) is 2.47. The van der Waals surface area contributed by atoms with Crippen LogP contribution >= 0.6 is 0 Å².